The summed E-state index contributed by atoms with van der Waals surface area (Å²) in [6.45, 7) is 0. The van der Waals surface area contributed by atoms with Crippen LogP contribution in [0.2, 0.25) is 0 Å². The summed E-state index contributed by atoms with van der Waals surface area (Å²) in [6.07, 6.45) is 21.6. The van der Waals surface area contributed by atoms with Crippen LogP contribution in [0.15, 0.2) is 12.2 Å². The van der Waals surface area contributed by atoms with E-state index in [1.54, 1.807) is 11.1 Å². The summed E-state index contributed by atoms with van der Waals surface area (Å²) in [4.78, 5) is 0. The molecule has 4 rings (SSSR count). The van der Waals surface area contributed by atoms with Gasteiger partial charge in [-0.05, 0) is 71.2 Å². The van der Waals surface area contributed by atoms with Gasteiger partial charge in [0.2, 0.25) is 0 Å². The minimum Gasteiger partial charge on any atom is -0.0836 e. The van der Waals surface area contributed by atoms with E-state index in [1.165, 1.54) is 60.1 Å². The van der Waals surface area contributed by atoms with Gasteiger partial charge in [-0.1, -0.05) is 36.5 Å². The lowest BCUT2D eigenvalue weighted by Gasteiger charge is -2.23. The van der Waals surface area contributed by atoms with Gasteiger partial charge in [-0.25, -0.2) is 0 Å². The second kappa shape index (κ2) is 3.98. The third-order valence-electron chi connectivity index (χ3n) is 4.44. The zero-order chi connectivity index (χ0) is 11.9. The van der Waals surface area contributed by atoms with Gasteiger partial charge in [0.25, 0.3) is 0 Å². The van der Waals surface area contributed by atoms with Crippen LogP contribution >= 0.6 is 0 Å². The number of hydrogen-bond donors (Lipinski definition) is 0. The molecule has 0 atom stereocenters. The lowest BCUT2D eigenvalue weighted by atomic mass is 9.81. The highest BCUT2D eigenvalue weighted by atomic mass is 14.2. The zero-order valence-corrected chi connectivity index (χ0v) is 10.7. The predicted molar refractivity (Wildman–Crippen MR) is 78.6 cm³/mol. The molecule has 0 saturated carbocycles. The van der Waals surface area contributed by atoms with Crippen LogP contribution in [-0.4, -0.2) is 0 Å². The molecule has 1 aromatic carbocycles. The van der Waals surface area contributed by atoms with Crippen molar-refractivity contribution in [3.8, 4) is 0 Å². The largest absolute Gasteiger partial charge is 0.0836 e. The third-order valence-corrected chi connectivity index (χ3v) is 4.44. The minimum absolute atomic E-state index is 1.20. The number of allylic oxidation sites excluding steroid dienone is 2. The lowest BCUT2D eigenvalue weighted by molar-refractivity contribution is 0.896. The lowest BCUT2D eigenvalue weighted by Crippen LogP contribution is -2.35. The molecule has 3 aliphatic carbocycles. The molecule has 0 aliphatic heterocycles. The summed E-state index contributed by atoms with van der Waals surface area (Å²) in [7, 11) is 0. The van der Waals surface area contributed by atoms with Crippen LogP contribution < -0.4 is 10.4 Å². The van der Waals surface area contributed by atoms with Crippen LogP contribution in [-0.2, 0) is 12.8 Å². The summed E-state index contributed by atoms with van der Waals surface area (Å²) in [6, 6.07) is 0. The van der Waals surface area contributed by atoms with E-state index in [9.17, 15) is 0 Å². The average Bonchev–Trinajstić information content (AvgIpc) is 2.48. The van der Waals surface area contributed by atoms with Crippen molar-refractivity contribution in [3.05, 3.63) is 44.8 Å². The van der Waals surface area contributed by atoms with Crippen LogP contribution in [0.5, 0.6) is 0 Å². The summed E-state index contributed by atoms with van der Waals surface area (Å²) in [5.41, 5.74) is 6.34. The van der Waals surface area contributed by atoms with Crippen molar-refractivity contribution < 1.29 is 0 Å². The molecule has 0 spiro atoms. The van der Waals surface area contributed by atoms with Crippen LogP contribution in [0.25, 0.3) is 24.3 Å². The second-order valence-corrected chi connectivity index (χ2v) is 5.48. The molecule has 90 valence electrons. The van der Waals surface area contributed by atoms with Gasteiger partial charge < -0.3 is 0 Å². The van der Waals surface area contributed by atoms with Gasteiger partial charge in [-0.2, -0.15) is 0 Å². The molecule has 1 aromatic rings. The first-order valence-corrected chi connectivity index (χ1v) is 7.16. The molecule has 0 saturated heterocycles. The van der Waals surface area contributed by atoms with Crippen LogP contribution in [0.4, 0.5) is 0 Å². The molecule has 0 amide bonds. The minimum atomic E-state index is 1.20. The van der Waals surface area contributed by atoms with E-state index < -0.39 is 0 Å². The normalized spacial score (nSPS) is 19.3. The first-order chi connectivity index (χ1) is 8.95. The topological polar surface area (TPSA) is 0 Å². The summed E-state index contributed by atoms with van der Waals surface area (Å²) < 4.78 is 0. The Balaban J connectivity index is 2.20. The van der Waals surface area contributed by atoms with E-state index in [4.69, 9.17) is 0 Å². The average molecular weight is 234 g/mol. The van der Waals surface area contributed by atoms with Gasteiger partial charge in [0.1, 0.15) is 0 Å². The van der Waals surface area contributed by atoms with Gasteiger partial charge in [-0.3, -0.25) is 0 Å². The quantitative estimate of drug-likeness (QED) is 0.647. The Morgan fingerprint density at radius 2 is 1.11 bits per heavy atom. The summed E-state index contributed by atoms with van der Waals surface area (Å²) >= 11 is 0. The van der Waals surface area contributed by atoms with Crippen molar-refractivity contribution in [1.29, 1.82) is 0 Å². The second-order valence-electron chi connectivity index (χ2n) is 5.48. The molecule has 0 radical (unpaired) electrons. The molecule has 0 fully saturated rings. The molecule has 0 nitrogen and oxygen atoms in total. The third kappa shape index (κ3) is 1.38. The first-order valence-electron chi connectivity index (χ1n) is 7.16. The van der Waals surface area contributed by atoms with E-state index in [0.29, 0.717) is 0 Å². The highest BCUT2D eigenvalue weighted by Crippen LogP contribution is 2.26. The maximum Gasteiger partial charge on any atom is -0.0146 e. The van der Waals surface area contributed by atoms with Gasteiger partial charge in [-0.15, -0.1) is 0 Å². The maximum absolute atomic E-state index is 2.45. The number of hydrogen-bond acceptors (Lipinski definition) is 0. The Kier molecular flexibility index (Phi) is 2.29. The van der Waals surface area contributed by atoms with E-state index in [-0.39, 0.29) is 0 Å². The Bertz CT molecular complexity index is 623. The van der Waals surface area contributed by atoms with Crippen LogP contribution in [0, 0.1) is 0 Å². The molecular weight excluding hydrogens is 216 g/mol. The number of fused-ring (bicyclic) bond motifs is 6. The monoisotopic (exact) mass is 234 g/mol. The predicted octanol–water partition coefficient (Wildman–Crippen LogP) is 2.96. The van der Waals surface area contributed by atoms with Crippen LogP contribution in [0.1, 0.15) is 47.9 Å². The number of benzene rings is 1. The highest BCUT2D eigenvalue weighted by molar-refractivity contribution is 5.70. The molecular formula is C18H18. The molecule has 0 bridgehead atoms. The molecule has 18 heavy (non-hydrogen) atoms. The summed E-state index contributed by atoms with van der Waals surface area (Å²) in [5, 5.41) is 3.02. The molecule has 3 aliphatic rings. The fourth-order valence-electron chi connectivity index (χ4n) is 3.65. The smallest absolute Gasteiger partial charge is 0.0146 e. The first kappa shape index (κ1) is 10.4. The van der Waals surface area contributed by atoms with Crippen molar-refractivity contribution in [3.63, 3.8) is 0 Å². The van der Waals surface area contributed by atoms with Gasteiger partial charge in [0.15, 0.2) is 0 Å². The molecule has 0 N–H and O–H groups in total. The van der Waals surface area contributed by atoms with E-state index >= 15 is 0 Å². The van der Waals surface area contributed by atoms with Gasteiger partial charge in [0, 0.05) is 0 Å². The Morgan fingerprint density at radius 3 is 1.61 bits per heavy atom. The SMILES string of the molecule is C1=Cc2c(c3c(c4c2=CCCC=4)C=CCC3)CC1. The Hall–Kier alpha value is -1.56. The standard InChI is InChI=1S/C18H18/c1-2-8-14-13(7-1)15-9-3-4-11-17(15)18-12-6-5-10-16(14)18/h1,6-7,9,11-12H,2-5,8,10H2. The maximum atomic E-state index is 2.45. The zero-order valence-electron chi connectivity index (χ0n) is 10.7. The fraction of sp³-hybridized carbons (Fsp3) is 0.333. The van der Waals surface area contributed by atoms with Crippen molar-refractivity contribution in [2.75, 3.05) is 0 Å². The van der Waals surface area contributed by atoms with Gasteiger partial charge >= 0.3 is 0 Å². The van der Waals surface area contributed by atoms with Crippen molar-refractivity contribution in [1.82, 2.24) is 0 Å². The molecule has 0 unspecified atom stereocenters. The Labute approximate surface area is 108 Å². The van der Waals surface area contributed by atoms with E-state index in [1.807, 2.05) is 0 Å². The highest BCUT2D eigenvalue weighted by Gasteiger charge is 2.18. The van der Waals surface area contributed by atoms with Gasteiger partial charge in [0.05, 0.1) is 0 Å². The van der Waals surface area contributed by atoms with Crippen molar-refractivity contribution >= 4 is 24.3 Å². The molecule has 0 heterocycles. The summed E-state index contributed by atoms with van der Waals surface area (Å²) in [5.74, 6) is 0. The van der Waals surface area contributed by atoms with Crippen molar-refractivity contribution in [2.24, 2.45) is 0 Å². The Morgan fingerprint density at radius 1 is 0.611 bits per heavy atom. The van der Waals surface area contributed by atoms with E-state index in [2.05, 4.69) is 36.5 Å². The van der Waals surface area contributed by atoms with E-state index in [0.717, 1.165) is 0 Å². The molecule has 0 heteroatoms. The number of rotatable bonds is 0. The van der Waals surface area contributed by atoms with Crippen LogP contribution in [0.3, 0.4) is 0 Å². The fourth-order valence-corrected chi connectivity index (χ4v) is 3.65. The van der Waals surface area contributed by atoms with Crippen molar-refractivity contribution in [2.45, 2.75) is 38.5 Å². The molecule has 0 aromatic heterocycles.